The molecule has 0 fully saturated rings. The Balaban J connectivity index is 1.62. The number of nitrogens with one attached hydrogen (secondary N) is 1. The van der Waals surface area contributed by atoms with E-state index in [0.29, 0.717) is 24.9 Å². The van der Waals surface area contributed by atoms with Gasteiger partial charge in [-0.05, 0) is 60.4 Å². The molecule has 0 aromatic heterocycles. The van der Waals surface area contributed by atoms with Crippen LogP contribution in [0.15, 0.2) is 74.9 Å². The highest BCUT2D eigenvalue weighted by molar-refractivity contribution is 7.89. The highest BCUT2D eigenvalue weighted by Crippen LogP contribution is 2.41. The number of methoxy groups -OCH3 is 1. The number of hydrogen-bond donors (Lipinski definition) is 1. The van der Waals surface area contributed by atoms with Crippen LogP contribution in [0.5, 0.6) is 0 Å². The van der Waals surface area contributed by atoms with Gasteiger partial charge >= 0.3 is 5.97 Å². The van der Waals surface area contributed by atoms with E-state index >= 15 is 0 Å². The fourth-order valence-corrected chi connectivity index (χ4v) is 6.52. The van der Waals surface area contributed by atoms with Crippen LogP contribution in [0.3, 0.4) is 0 Å². The van der Waals surface area contributed by atoms with Crippen LogP contribution in [0.2, 0.25) is 0 Å². The number of anilines is 1. The van der Waals surface area contributed by atoms with E-state index in [0.717, 1.165) is 16.3 Å². The number of sulfonamides is 1. The number of rotatable bonds is 7. The number of benzene rings is 2. The van der Waals surface area contributed by atoms with Gasteiger partial charge in [0.2, 0.25) is 0 Å². The summed E-state index contributed by atoms with van der Waals surface area (Å²) in [6.45, 7) is 2.27. The molecule has 1 unspecified atom stereocenters. The van der Waals surface area contributed by atoms with E-state index in [1.54, 1.807) is 6.07 Å². The topological polar surface area (TPSA) is 114 Å². The summed E-state index contributed by atoms with van der Waals surface area (Å²) in [4.78, 5) is 30.1. The zero-order chi connectivity index (χ0) is 26.7. The summed E-state index contributed by atoms with van der Waals surface area (Å²) in [6, 6.07) is 10.5. The first kappa shape index (κ1) is 26.4. The first-order valence-corrected chi connectivity index (χ1v) is 13.3. The highest BCUT2D eigenvalue weighted by Gasteiger charge is 2.37. The zero-order valence-corrected chi connectivity index (χ0v) is 22.1. The Bertz CT molecular complexity index is 1450. The molecule has 11 heteroatoms. The molecule has 1 N–H and O–H groups in total. The predicted molar refractivity (Wildman–Crippen MR) is 140 cm³/mol. The molecule has 1 aliphatic carbocycles. The van der Waals surface area contributed by atoms with Gasteiger partial charge in [0.05, 0.1) is 29.5 Å². The minimum Gasteiger partial charge on any atom is -0.465 e. The third kappa shape index (κ3) is 5.40. The zero-order valence-electron chi connectivity index (χ0n) is 20.5. The Morgan fingerprint density at radius 2 is 1.97 bits per heavy atom. The van der Waals surface area contributed by atoms with E-state index in [2.05, 4.69) is 15.3 Å². The van der Waals surface area contributed by atoms with Crippen LogP contribution in [0.25, 0.3) is 0 Å². The van der Waals surface area contributed by atoms with Gasteiger partial charge in [-0.3, -0.25) is 9.10 Å². The first-order valence-electron chi connectivity index (χ1n) is 11.5. The van der Waals surface area contributed by atoms with Crippen LogP contribution >= 0.6 is 11.6 Å². The first-order chi connectivity index (χ1) is 17.6. The van der Waals surface area contributed by atoms with E-state index < -0.39 is 21.9 Å². The molecular weight excluding hydrogens is 518 g/mol. The Labute approximate surface area is 220 Å². The van der Waals surface area contributed by atoms with Crippen molar-refractivity contribution in [1.82, 2.24) is 4.31 Å². The molecule has 0 saturated carbocycles. The number of allylic oxidation sites excluding steroid dienone is 3. The van der Waals surface area contributed by atoms with Crippen LogP contribution in [0, 0.1) is 5.92 Å². The van der Waals surface area contributed by atoms with Crippen LogP contribution in [0.1, 0.15) is 46.0 Å². The van der Waals surface area contributed by atoms with Crippen molar-refractivity contribution in [2.45, 2.75) is 24.7 Å². The number of amides is 1. The third-order valence-electron chi connectivity index (χ3n) is 6.17. The van der Waals surface area contributed by atoms with Gasteiger partial charge in [0.25, 0.3) is 15.9 Å². The molecule has 1 aliphatic heterocycles. The van der Waals surface area contributed by atoms with Crippen LogP contribution < -0.4 is 5.32 Å². The molecule has 1 heterocycles. The van der Waals surface area contributed by atoms with Crippen molar-refractivity contribution in [1.29, 1.82) is 0 Å². The summed E-state index contributed by atoms with van der Waals surface area (Å²) >= 11 is 6.22. The van der Waals surface area contributed by atoms with Crippen LogP contribution in [-0.2, 0) is 19.6 Å². The highest BCUT2D eigenvalue weighted by atomic mass is 35.5. The van der Waals surface area contributed by atoms with Crippen molar-refractivity contribution in [3.05, 3.63) is 81.5 Å². The van der Waals surface area contributed by atoms with Gasteiger partial charge in [-0.1, -0.05) is 35.8 Å². The number of hydrogen-bond acceptors (Lipinski definition) is 7. The van der Waals surface area contributed by atoms with Gasteiger partial charge in [-0.2, -0.15) is 0 Å². The van der Waals surface area contributed by atoms with Gasteiger partial charge in [0.1, 0.15) is 7.11 Å². The van der Waals surface area contributed by atoms with Crippen molar-refractivity contribution < 1.29 is 27.6 Å². The summed E-state index contributed by atoms with van der Waals surface area (Å²) in [7, 11) is -1.28. The van der Waals surface area contributed by atoms with E-state index in [4.69, 9.17) is 16.3 Å². The smallest absolute Gasteiger partial charge is 0.339 e. The van der Waals surface area contributed by atoms with Crippen molar-refractivity contribution in [2.24, 2.45) is 11.1 Å². The van der Waals surface area contributed by atoms with Gasteiger partial charge in [0, 0.05) is 28.8 Å². The maximum atomic E-state index is 13.6. The lowest BCUT2D eigenvalue weighted by atomic mass is 9.94. The lowest BCUT2D eigenvalue weighted by Crippen LogP contribution is -2.31. The molecule has 2 aromatic rings. The lowest BCUT2D eigenvalue weighted by molar-refractivity contribution is 0.0602. The molecule has 0 radical (unpaired) electrons. The second-order valence-corrected chi connectivity index (χ2v) is 11.0. The molecule has 9 nitrogen and oxygen atoms in total. The van der Waals surface area contributed by atoms with Crippen molar-refractivity contribution in [3.63, 3.8) is 0 Å². The Kier molecular flexibility index (Phi) is 7.70. The van der Waals surface area contributed by atoms with Gasteiger partial charge in [-0.25, -0.2) is 13.2 Å². The summed E-state index contributed by atoms with van der Waals surface area (Å²) in [5.41, 5.74) is 2.66. The van der Waals surface area contributed by atoms with E-state index in [-0.39, 0.29) is 27.6 Å². The molecule has 0 saturated heterocycles. The number of carbonyl (C=O) groups is 2. The number of nitrogens with zero attached hydrogens (tertiary/aromatic N) is 2. The number of oxime groups is 1. The average molecular weight is 544 g/mol. The second-order valence-electron chi connectivity index (χ2n) is 8.63. The molecule has 1 amide bonds. The quantitative estimate of drug-likeness (QED) is 0.312. The summed E-state index contributed by atoms with van der Waals surface area (Å²) in [5.74, 6) is -1.28. The maximum Gasteiger partial charge on any atom is 0.339 e. The summed E-state index contributed by atoms with van der Waals surface area (Å²) in [5, 5.41) is 7.06. The fourth-order valence-electron chi connectivity index (χ4n) is 4.49. The van der Waals surface area contributed by atoms with Gasteiger partial charge in [0.15, 0.2) is 0 Å². The van der Waals surface area contributed by atoms with Gasteiger partial charge < -0.3 is 14.9 Å². The Morgan fingerprint density at radius 3 is 2.70 bits per heavy atom. The van der Waals surface area contributed by atoms with Crippen molar-refractivity contribution in [3.8, 4) is 0 Å². The number of carbonyl (C=O) groups excluding carboxylic acids is 2. The molecule has 2 aromatic carbocycles. The monoisotopic (exact) mass is 543 g/mol. The van der Waals surface area contributed by atoms with Crippen LogP contribution in [-0.4, -0.2) is 51.6 Å². The Morgan fingerprint density at radius 1 is 1.19 bits per heavy atom. The number of halogens is 1. The lowest BCUT2D eigenvalue weighted by Gasteiger charge is -2.28. The number of esters is 1. The molecule has 194 valence electrons. The second kappa shape index (κ2) is 10.8. The normalized spacial score (nSPS) is 17.5. The predicted octanol–water partition coefficient (Wildman–Crippen LogP) is 4.52. The summed E-state index contributed by atoms with van der Waals surface area (Å²) in [6.07, 6.45) is 4.41. The van der Waals surface area contributed by atoms with Crippen molar-refractivity contribution in [2.75, 3.05) is 26.1 Å². The molecule has 0 spiro atoms. The van der Waals surface area contributed by atoms with Crippen molar-refractivity contribution >= 4 is 45.4 Å². The molecule has 4 rings (SSSR count). The maximum absolute atomic E-state index is 13.6. The molecule has 2 aliphatic rings. The summed E-state index contributed by atoms with van der Waals surface area (Å²) < 4.78 is 33.4. The minimum atomic E-state index is -3.91. The molecule has 0 bridgehead atoms. The number of ether oxygens (including phenoxy) is 1. The van der Waals surface area contributed by atoms with E-state index in [1.807, 2.05) is 13.0 Å². The fraction of sp³-hybridized carbons (Fsp3) is 0.269. The minimum absolute atomic E-state index is 0.000988. The van der Waals surface area contributed by atoms with Crippen LogP contribution in [0.4, 0.5) is 5.69 Å². The van der Waals surface area contributed by atoms with Gasteiger partial charge in [-0.15, -0.1) is 0 Å². The SMILES string of the molecule is CO/N=C/c1ccc(NC(=O)c2cccc(S(=O)(=O)N3CCC4=C3C(C)CC(Cl)=C4)c2)c(C(=O)OC)c1. The third-order valence-corrected chi connectivity index (χ3v) is 8.24. The molecular formula is C26H26ClN3O6S. The largest absolute Gasteiger partial charge is 0.465 e. The standard InChI is InChI=1S/C26H26ClN3O6S/c1-16-11-20(27)13-18-9-10-30(24(16)18)37(33,34)21-6-4-5-19(14-21)25(31)29-23-8-7-17(15-28-36-3)12-22(23)26(32)35-2/h4-8,12-16H,9-11H2,1-3H3,(H,29,31)/b28-15+. The average Bonchev–Trinajstić information content (AvgIpc) is 3.32. The molecule has 1 atom stereocenters. The molecule has 37 heavy (non-hydrogen) atoms. The van der Waals surface area contributed by atoms with E-state index in [1.165, 1.54) is 61.1 Å². The Hall–Kier alpha value is -3.63. The van der Waals surface area contributed by atoms with E-state index in [9.17, 15) is 18.0 Å².